The molecule has 0 aliphatic carbocycles. The van der Waals surface area contributed by atoms with Crippen LogP contribution in [0.15, 0.2) is 35.2 Å². The molecule has 27 heavy (non-hydrogen) atoms. The highest BCUT2D eigenvalue weighted by atomic mass is 32.2. The highest BCUT2D eigenvalue weighted by Gasteiger charge is 2.29. The Morgan fingerprint density at radius 2 is 1.93 bits per heavy atom. The second-order valence-corrected chi connectivity index (χ2v) is 8.29. The van der Waals surface area contributed by atoms with E-state index in [0.717, 1.165) is 0 Å². The molecule has 0 radical (unpaired) electrons. The average molecular weight is 392 g/mol. The summed E-state index contributed by atoms with van der Waals surface area (Å²) in [7, 11) is -3.63. The van der Waals surface area contributed by atoms with Gasteiger partial charge in [0.25, 0.3) is 5.91 Å². The minimum Gasteiger partial charge on any atom is -0.484 e. The van der Waals surface area contributed by atoms with Crippen molar-refractivity contribution in [3.63, 3.8) is 0 Å². The van der Waals surface area contributed by atoms with Gasteiger partial charge in [0.2, 0.25) is 10.0 Å². The summed E-state index contributed by atoms with van der Waals surface area (Å²) >= 11 is 0. The molecule has 8 nitrogen and oxygen atoms in total. The maximum absolute atomic E-state index is 12.6. The lowest BCUT2D eigenvalue weighted by molar-refractivity contribution is -0.134. The summed E-state index contributed by atoms with van der Waals surface area (Å²) in [5.74, 6) is 0.557. The van der Waals surface area contributed by atoms with Crippen molar-refractivity contribution in [3.8, 4) is 5.75 Å². The minimum absolute atomic E-state index is 0.0200. The van der Waals surface area contributed by atoms with Crippen LogP contribution in [-0.2, 0) is 14.8 Å². The van der Waals surface area contributed by atoms with Crippen LogP contribution < -0.4 is 9.46 Å². The molecule has 1 aliphatic rings. The van der Waals surface area contributed by atoms with Gasteiger partial charge < -0.3 is 9.64 Å². The molecular formula is C18H24N4O4S. The third-order valence-corrected chi connectivity index (χ3v) is 6.39. The van der Waals surface area contributed by atoms with Crippen molar-refractivity contribution in [2.75, 3.05) is 19.7 Å². The maximum Gasteiger partial charge on any atom is 0.260 e. The van der Waals surface area contributed by atoms with E-state index in [4.69, 9.17) is 4.74 Å². The van der Waals surface area contributed by atoms with E-state index in [2.05, 4.69) is 14.9 Å². The maximum atomic E-state index is 12.6. The molecule has 146 valence electrons. The molecule has 1 fully saturated rings. The summed E-state index contributed by atoms with van der Waals surface area (Å²) in [6.07, 6.45) is 1.12. The van der Waals surface area contributed by atoms with Gasteiger partial charge in [-0.05, 0) is 38.8 Å². The first-order valence-electron chi connectivity index (χ1n) is 8.86. The standard InChI is InChI=1S/C18H24N4O4S/c1-13-18(14(2)20-19-13)27(24,25)21-15-8-10-22(11-9-15)17(23)12-26-16-6-4-3-5-7-16/h3-7,15,21H,8-12H2,1-2H3,(H,19,20). The fourth-order valence-electron chi connectivity index (χ4n) is 3.21. The van der Waals surface area contributed by atoms with Crippen LogP contribution in [-0.4, -0.2) is 55.2 Å². The molecule has 0 unspecified atom stereocenters. The van der Waals surface area contributed by atoms with Gasteiger partial charge in [-0.2, -0.15) is 5.10 Å². The second kappa shape index (κ2) is 8.10. The number of aryl methyl sites for hydroxylation is 2. The number of nitrogens with one attached hydrogen (secondary N) is 2. The molecule has 1 aromatic carbocycles. The van der Waals surface area contributed by atoms with Crippen LogP contribution in [0.5, 0.6) is 5.75 Å². The number of sulfonamides is 1. The normalized spacial score (nSPS) is 15.7. The monoisotopic (exact) mass is 392 g/mol. The van der Waals surface area contributed by atoms with Crippen molar-refractivity contribution in [1.29, 1.82) is 0 Å². The van der Waals surface area contributed by atoms with E-state index in [1.54, 1.807) is 30.9 Å². The summed E-state index contributed by atoms with van der Waals surface area (Å²) in [6, 6.07) is 8.97. The molecule has 1 aromatic heterocycles. The summed E-state index contributed by atoms with van der Waals surface area (Å²) < 4.78 is 33.4. The number of rotatable bonds is 6. The van der Waals surface area contributed by atoms with Gasteiger partial charge in [0.1, 0.15) is 10.6 Å². The van der Waals surface area contributed by atoms with Crippen LogP contribution in [0.1, 0.15) is 24.2 Å². The first-order valence-corrected chi connectivity index (χ1v) is 10.3. The Kier molecular flexibility index (Phi) is 5.81. The van der Waals surface area contributed by atoms with E-state index in [-0.39, 0.29) is 23.5 Å². The number of hydrogen-bond donors (Lipinski definition) is 2. The summed E-state index contributed by atoms with van der Waals surface area (Å²) in [5, 5.41) is 6.64. The Labute approximate surface area is 159 Å². The van der Waals surface area contributed by atoms with Crippen molar-refractivity contribution >= 4 is 15.9 Å². The zero-order valence-corrected chi connectivity index (χ0v) is 16.3. The number of amides is 1. The van der Waals surface area contributed by atoms with Gasteiger partial charge in [-0.25, -0.2) is 13.1 Å². The molecule has 1 amide bonds. The molecule has 0 bridgehead atoms. The molecular weight excluding hydrogens is 368 g/mol. The van der Waals surface area contributed by atoms with E-state index in [1.165, 1.54) is 0 Å². The quantitative estimate of drug-likeness (QED) is 0.773. The number of ether oxygens (including phenoxy) is 1. The van der Waals surface area contributed by atoms with E-state index < -0.39 is 10.0 Å². The van der Waals surface area contributed by atoms with Crippen LogP contribution in [0.25, 0.3) is 0 Å². The van der Waals surface area contributed by atoms with Gasteiger partial charge in [-0.3, -0.25) is 9.89 Å². The minimum atomic E-state index is -3.63. The molecule has 0 spiro atoms. The van der Waals surface area contributed by atoms with E-state index in [9.17, 15) is 13.2 Å². The molecule has 2 heterocycles. The fourth-order valence-corrected chi connectivity index (χ4v) is 4.89. The summed E-state index contributed by atoms with van der Waals surface area (Å²) in [5.41, 5.74) is 0.969. The highest BCUT2D eigenvalue weighted by molar-refractivity contribution is 7.89. The number of H-pyrrole nitrogens is 1. The van der Waals surface area contributed by atoms with Gasteiger partial charge in [-0.1, -0.05) is 18.2 Å². The molecule has 3 rings (SSSR count). The molecule has 1 saturated heterocycles. The number of carbonyl (C=O) groups excluding carboxylic acids is 1. The molecule has 2 aromatic rings. The summed E-state index contributed by atoms with van der Waals surface area (Å²) in [6.45, 7) is 4.31. The second-order valence-electron chi connectivity index (χ2n) is 6.64. The smallest absolute Gasteiger partial charge is 0.260 e. The third kappa shape index (κ3) is 4.67. The number of piperidine rings is 1. The van der Waals surface area contributed by atoms with Gasteiger partial charge in [-0.15, -0.1) is 0 Å². The van der Waals surface area contributed by atoms with Gasteiger partial charge >= 0.3 is 0 Å². The molecule has 0 atom stereocenters. The SMILES string of the molecule is Cc1n[nH]c(C)c1S(=O)(=O)NC1CCN(C(=O)COc2ccccc2)CC1. The van der Waals surface area contributed by atoms with Crippen LogP contribution >= 0.6 is 0 Å². The Morgan fingerprint density at radius 1 is 1.26 bits per heavy atom. The predicted molar refractivity (Wildman–Crippen MR) is 99.9 cm³/mol. The topological polar surface area (TPSA) is 104 Å². The third-order valence-electron chi connectivity index (χ3n) is 4.60. The Morgan fingerprint density at radius 3 is 2.52 bits per heavy atom. The van der Waals surface area contributed by atoms with Crippen LogP contribution in [0.3, 0.4) is 0 Å². The molecule has 9 heteroatoms. The Balaban J connectivity index is 1.51. The number of nitrogens with zero attached hydrogens (tertiary/aromatic N) is 2. The number of carbonyl (C=O) groups is 1. The lowest BCUT2D eigenvalue weighted by atomic mass is 10.1. The van der Waals surface area contributed by atoms with Crippen molar-refractivity contribution < 1.29 is 17.9 Å². The number of likely N-dealkylation sites (tertiary alicyclic amines) is 1. The zero-order chi connectivity index (χ0) is 19.4. The number of benzene rings is 1. The van der Waals surface area contributed by atoms with Crippen LogP contribution in [0.4, 0.5) is 0 Å². The number of aromatic amines is 1. The first kappa shape index (κ1) is 19.4. The van der Waals surface area contributed by atoms with Crippen molar-refractivity contribution in [2.45, 2.75) is 37.6 Å². The summed E-state index contributed by atoms with van der Waals surface area (Å²) in [4.78, 5) is 14.2. The Bertz CT molecular complexity index is 868. The fraction of sp³-hybridized carbons (Fsp3) is 0.444. The van der Waals surface area contributed by atoms with Gasteiger partial charge in [0.15, 0.2) is 6.61 Å². The number of aromatic nitrogens is 2. The highest BCUT2D eigenvalue weighted by Crippen LogP contribution is 2.19. The van der Waals surface area contributed by atoms with Crippen LogP contribution in [0, 0.1) is 13.8 Å². The van der Waals surface area contributed by atoms with E-state index in [1.807, 2.05) is 18.2 Å². The predicted octanol–water partition coefficient (Wildman–Crippen LogP) is 1.37. The molecule has 0 saturated carbocycles. The Hall–Kier alpha value is -2.39. The van der Waals surface area contributed by atoms with Crippen molar-refractivity contribution in [2.24, 2.45) is 0 Å². The lowest BCUT2D eigenvalue weighted by Gasteiger charge is -2.32. The van der Waals surface area contributed by atoms with Gasteiger partial charge in [0, 0.05) is 19.1 Å². The first-order chi connectivity index (χ1) is 12.9. The average Bonchev–Trinajstić information content (AvgIpc) is 3.00. The van der Waals surface area contributed by atoms with Crippen molar-refractivity contribution in [1.82, 2.24) is 19.8 Å². The number of hydrogen-bond acceptors (Lipinski definition) is 5. The molecule has 2 N–H and O–H groups in total. The van der Waals surface area contributed by atoms with Gasteiger partial charge in [0.05, 0.1) is 11.4 Å². The molecule has 1 aliphatic heterocycles. The van der Waals surface area contributed by atoms with Crippen LogP contribution in [0.2, 0.25) is 0 Å². The lowest BCUT2D eigenvalue weighted by Crippen LogP contribution is -2.47. The number of para-hydroxylation sites is 1. The largest absolute Gasteiger partial charge is 0.484 e. The van der Waals surface area contributed by atoms with E-state index in [0.29, 0.717) is 43.1 Å². The van der Waals surface area contributed by atoms with Crippen molar-refractivity contribution in [3.05, 3.63) is 41.7 Å². The van der Waals surface area contributed by atoms with E-state index >= 15 is 0 Å². The zero-order valence-electron chi connectivity index (χ0n) is 15.4.